The van der Waals surface area contributed by atoms with Crippen molar-refractivity contribution in [3.05, 3.63) is 42.7 Å². The number of benzene rings is 1. The number of hydrogen-bond donors (Lipinski definition) is 0. The Balaban J connectivity index is 0.00000220. The number of ether oxygens (including phenoxy) is 1. The summed E-state index contributed by atoms with van der Waals surface area (Å²) in [4.78, 5) is 3.85. The minimum absolute atomic E-state index is 0. The van der Waals surface area contributed by atoms with E-state index in [1.54, 1.807) is 23.3 Å². The molecule has 0 saturated carbocycles. The van der Waals surface area contributed by atoms with E-state index in [2.05, 4.69) is 4.98 Å². The van der Waals surface area contributed by atoms with Gasteiger partial charge >= 0.3 is 58.4 Å². The summed E-state index contributed by atoms with van der Waals surface area (Å²) < 4.78 is 57.9. The Bertz CT molecular complexity index is 563. The fraction of sp³-hybridized carbons (Fsp3) is 0.250. The Kier molecular flexibility index (Phi) is 7.42. The summed E-state index contributed by atoms with van der Waals surface area (Å²) in [6.07, 6.45) is 5.54. The molecule has 21 heavy (non-hydrogen) atoms. The molecular weight excluding hydrogens is 314 g/mol. The van der Waals surface area contributed by atoms with E-state index >= 15 is 0 Å². The number of rotatable bonds is 6. The molecule has 0 bridgehead atoms. The summed E-state index contributed by atoms with van der Waals surface area (Å²) in [6, 6.07) is 2.19. The molecule has 0 aliphatic carbocycles. The van der Waals surface area contributed by atoms with Gasteiger partial charge < -0.3 is 22.3 Å². The SMILES string of the molecule is Fc1ccc([B-](F)(F)F)cc1OCCCn1ccnc1.[K+]. The molecule has 0 aliphatic heterocycles. The van der Waals surface area contributed by atoms with Crippen molar-refractivity contribution < 1.29 is 73.5 Å². The predicted molar refractivity (Wildman–Crippen MR) is 67.5 cm³/mol. The number of aryl methyl sites for hydroxylation is 1. The van der Waals surface area contributed by atoms with Crippen molar-refractivity contribution in [1.82, 2.24) is 9.55 Å². The van der Waals surface area contributed by atoms with Gasteiger partial charge in [0.25, 0.3) is 0 Å². The van der Waals surface area contributed by atoms with E-state index in [-0.39, 0.29) is 63.7 Å². The Morgan fingerprint density at radius 3 is 2.62 bits per heavy atom. The molecule has 0 fully saturated rings. The van der Waals surface area contributed by atoms with Crippen molar-refractivity contribution in [2.24, 2.45) is 0 Å². The minimum atomic E-state index is -5.15. The Morgan fingerprint density at radius 2 is 2.00 bits per heavy atom. The Morgan fingerprint density at radius 1 is 1.24 bits per heavy atom. The van der Waals surface area contributed by atoms with Gasteiger partial charge in [0.05, 0.1) is 12.9 Å². The molecule has 2 aromatic rings. The van der Waals surface area contributed by atoms with Crippen LogP contribution in [0.1, 0.15) is 6.42 Å². The van der Waals surface area contributed by atoms with Gasteiger partial charge in [-0.25, -0.2) is 9.37 Å². The van der Waals surface area contributed by atoms with Crippen LogP contribution in [-0.4, -0.2) is 23.1 Å². The van der Waals surface area contributed by atoms with E-state index < -0.39 is 18.3 Å². The summed E-state index contributed by atoms with van der Waals surface area (Å²) in [6.45, 7) is -4.42. The smallest absolute Gasteiger partial charge is 0.491 e. The van der Waals surface area contributed by atoms with Crippen LogP contribution in [0, 0.1) is 5.82 Å². The third kappa shape index (κ3) is 5.74. The predicted octanol–water partition coefficient (Wildman–Crippen LogP) is -0.450. The van der Waals surface area contributed by atoms with E-state index in [1.807, 2.05) is 0 Å². The maximum Gasteiger partial charge on any atom is 1.00 e. The second-order valence-corrected chi connectivity index (χ2v) is 4.27. The molecule has 0 aliphatic rings. The van der Waals surface area contributed by atoms with Gasteiger partial charge in [-0.2, -0.15) is 0 Å². The van der Waals surface area contributed by atoms with Gasteiger partial charge in [0.15, 0.2) is 11.6 Å². The third-order valence-corrected chi connectivity index (χ3v) is 2.71. The molecule has 0 amide bonds. The number of hydrogen-bond acceptors (Lipinski definition) is 2. The molecule has 0 spiro atoms. The van der Waals surface area contributed by atoms with Crippen molar-refractivity contribution in [2.45, 2.75) is 13.0 Å². The summed E-state index contributed by atoms with van der Waals surface area (Å²) in [5.74, 6) is -1.16. The average molecular weight is 326 g/mol. The van der Waals surface area contributed by atoms with Crippen molar-refractivity contribution in [3.8, 4) is 5.75 Å². The monoisotopic (exact) mass is 326 g/mol. The first-order chi connectivity index (χ1) is 9.47. The van der Waals surface area contributed by atoms with E-state index in [0.29, 0.717) is 25.1 Å². The van der Waals surface area contributed by atoms with Crippen LogP contribution in [0.4, 0.5) is 17.3 Å². The summed E-state index contributed by atoms with van der Waals surface area (Å²) in [5.41, 5.74) is -0.865. The maximum absolute atomic E-state index is 13.4. The molecule has 9 heteroatoms. The van der Waals surface area contributed by atoms with Gasteiger partial charge in [0.2, 0.25) is 0 Å². The second kappa shape index (κ2) is 8.33. The fourth-order valence-electron chi connectivity index (χ4n) is 1.68. The van der Waals surface area contributed by atoms with Crippen molar-refractivity contribution >= 4 is 12.4 Å². The number of aromatic nitrogens is 2. The molecule has 0 radical (unpaired) electrons. The zero-order valence-electron chi connectivity index (χ0n) is 11.5. The van der Waals surface area contributed by atoms with Gasteiger partial charge in [-0.1, -0.05) is 6.07 Å². The van der Waals surface area contributed by atoms with Gasteiger partial charge in [-0.15, -0.1) is 5.46 Å². The molecule has 108 valence electrons. The van der Waals surface area contributed by atoms with E-state index in [4.69, 9.17) is 4.74 Å². The Hall–Kier alpha value is -0.349. The van der Waals surface area contributed by atoms with Crippen LogP contribution in [0.15, 0.2) is 36.9 Å². The van der Waals surface area contributed by atoms with Crippen molar-refractivity contribution in [2.75, 3.05) is 6.61 Å². The number of nitrogens with zero attached hydrogens (tertiary/aromatic N) is 2. The van der Waals surface area contributed by atoms with Crippen LogP contribution < -0.4 is 61.6 Å². The zero-order chi connectivity index (χ0) is 14.6. The number of halogens is 4. The van der Waals surface area contributed by atoms with Gasteiger partial charge in [-0.05, 0) is 18.6 Å². The molecule has 0 unspecified atom stereocenters. The summed E-state index contributed by atoms with van der Waals surface area (Å²) in [5, 5.41) is 0. The largest absolute Gasteiger partial charge is 1.00 e. The first-order valence-electron chi connectivity index (χ1n) is 6.05. The van der Waals surface area contributed by atoms with Crippen LogP contribution in [0.25, 0.3) is 0 Å². The fourth-order valence-corrected chi connectivity index (χ4v) is 1.68. The van der Waals surface area contributed by atoms with Crippen LogP contribution in [-0.2, 0) is 6.54 Å². The van der Waals surface area contributed by atoms with Crippen LogP contribution in [0.3, 0.4) is 0 Å². The first-order valence-corrected chi connectivity index (χ1v) is 6.05. The molecule has 1 aromatic carbocycles. The van der Waals surface area contributed by atoms with E-state index in [9.17, 15) is 17.3 Å². The molecule has 2 rings (SSSR count). The second-order valence-electron chi connectivity index (χ2n) is 4.27. The molecule has 0 N–H and O–H groups in total. The molecule has 0 saturated heterocycles. The first kappa shape index (κ1) is 18.7. The summed E-state index contributed by atoms with van der Waals surface area (Å²) in [7, 11) is 0. The standard InChI is InChI=1S/C12H12BF4N2O.K/c14-11-3-2-10(13(15,16)17)8-12(11)20-7-1-5-19-6-4-18-9-19;/h2-4,6,8-9H,1,5,7H2;/q-1;+1. The van der Waals surface area contributed by atoms with Gasteiger partial charge in [-0.3, -0.25) is 0 Å². The summed E-state index contributed by atoms with van der Waals surface area (Å²) >= 11 is 0. The average Bonchev–Trinajstić information content (AvgIpc) is 2.88. The molecule has 0 atom stereocenters. The number of imidazole rings is 1. The molecular formula is C12H12BF4KN2O. The Labute approximate surface area is 162 Å². The van der Waals surface area contributed by atoms with Crippen LogP contribution in [0.5, 0.6) is 5.75 Å². The van der Waals surface area contributed by atoms with Crippen LogP contribution >= 0.6 is 0 Å². The molecule has 1 aromatic heterocycles. The molecule has 1 heterocycles. The van der Waals surface area contributed by atoms with Gasteiger partial charge in [0.1, 0.15) is 0 Å². The quantitative estimate of drug-likeness (QED) is 0.409. The van der Waals surface area contributed by atoms with Crippen molar-refractivity contribution in [3.63, 3.8) is 0 Å². The zero-order valence-corrected chi connectivity index (χ0v) is 14.6. The maximum atomic E-state index is 13.4. The van der Waals surface area contributed by atoms with E-state index in [1.165, 1.54) is 0 Å². The van der Waals surface area contributed by atoms with Gasteiger partial charge in [0, 0.05) is 18.9 Å². The molecule has 3 nitrogen and oxygen atoms in total. The third-order valence-electron chi connectivity index (χ3n) is 2.71. The minimum Gasteiger partial charge on any atom is -0.491 e. The van der Waals surface area contributed by atoms with E-state index in [0.717, 1.165) is 6.07 Å². The van der Waals surface area contributed by atoms with Crippen LogP contribution in [0.2, 0.25) is 0 Å². The normalized spacial score (nSPS) is 11.0. The topological polar surface area (TPSA) is 27.1 Å². The van der Waals surface area contributed by atoms with Crippen molar-refractivity contribution in [1.29, 1.82) is 0 Å².